The quantitative estimate of drug-likeness (QED) is 0.723. The van der Waals surface area contributed by atoms with Crippen molar-refractivity contribution in [3.8, 4) is 0 Å². The number of hydrogen-bond acceptors (Lipinski definition) is 4. The Labute approximate surface area is 148 Å². The van der Waals surface area contributed by atoms with Crippen molar-refractivity contribution in [1.82, 2.24) is 4.98 Å². The minimum Gasteiger partial charge on any atom is -0.301 e. The smallest absolute Gasteiger partial charge is 0.243 e. The summed E-state index contributed by atoms with van der Waals surface area (Å²) in [5, 5.41) is 5.87. The van der Waals surface area contributed by atoms with Gasteiger partial charge in [-0.1, -0.05) is 43.1 Å². The minimum absolute atomic E-state index is 0.0982. The predicted octanol–water partition coefficient (Wildman–Crippen LogP) is 5.52. The van der Waals surface area contributed by atoms with Crippen LogP contribution in [0, 0.1) is 5.92 Å². The average Bonchev–Trinajstić information content (AvgIpc) is 2.95. The Balaban J connectivity index is 2.20. The zero-order valence-corrected chi connectivity index (χ0v) is 15.3. The monoisotopic (exact) mass is 374 g/mol. The molecule has 1 aromatic heterocycles. The van der Waals surface area contributed by atoms with Crippen LogP contribution in [0.5, 0.6) is 0 Å². The molecule has 1 atom stereocenters. The standard InChI is InChI=1S/C15H16Cl2N2OS2/c1-9(2)8-22-13(10-3-4-11(16)12(17)7-10)14(20)19-15-18-5-6-21-15/h3-7,9,13H,8H2,1-2H3,(H,18,19,20). The molecule has 0 aliphatic heterocycles. The van der Waals surface area contributed by atoms with E-state index in [-0.39, 0.29) is 11.2 Å². The second kappa shape index (κ2) is 8.20. The zero-order valence-electron chi connectivity index (χ0n) is 12.2. The van der Waals surface area contributed by atoms with Crippen molar-refractivity contribution in [1.29, 1.82) is 0 Å². The third-order valence-corrected chi connectivity index (χ3v) is 5.85. The molecule has 22 heavy (non-hydrogen) atoms. The first kappa shape index (κ1) is 17.6. The lowest BCUT2D eigenvalue weighted by atomic mass is 10.1. The molecule has 1 aromatic carbocycles. The molecule has 1 N–H and O–H groups in total. The highest BCUT2D eigenvalue weighted by Crippen LogP contribution is 2.35. The first-order valence-electron chi connectivity index (χ1n) is 6.74. The number of thiazole rings is 1. The van der Waals surface area contributed by atoms with Gasteiger partial charge in [0.15, 0.2) is 5.13 Å². The summed E-state index contributed by atoms with van der Waals surface area (Å²) in [6.07, 6.45) is 1.66. The lowest BCUT2D eigenvalue weighted by Gasteiger charge is -2.17. The lowest BCUT2D eigenvalue weighted by Crippen LogP contribution is -2.19. The van der Waals surface area contributed by atoms with Crippen LogP contribution in [0.1, 0.15) is 24.7 Å². The highest BCUT2D eigenvalue weighted by molar-refractivity contribution is 8.00. The van der Waals surface area contributed by atoms with Crippen molar-refractivity contribution < 1.29 is 4.79 Å². The number of aromatic nitrogens is 1. The predicted molar refractivity (Wildman–Crippen MR) is 97.2 cm³/mol. The molecular weight excluding hydrogens is 359 g/mol. The second-order valence-corrected chi connectivity index (χ2v) is 7.95. The summed E-state index contributed by atoms with van der Waals surface area (Å²) in [6.45, 7) is 4.25. The number of nitrogens with one attached hydrogen (secondary N) is 1. The Morgan fingerprint density at radius 1 is 1.36 bits per heavy atom. The van der Waals surface area contributed by atoms with Crippen LogP contribution < -0.4 is 5.32 Å². The summed E-state index contributed by atoms with van der Waals surface area (Å²) in [5.41, 5.74) is 0.842. The van der Waals surface area contributed by atoms with Crippen molar-refractivity contribution in [3.05, 3.63) is 45.4 Å². The zero-order chi connectivity index (χ0) is 16.1. The Morgan fingerprint density at radius 3 is 2.73 bits per heavy atom. The Morgan fingerprint density at radius 2 is 2.14 bits per heavy atom. The molecule has 0 radical (unpaired) electrons. The minimum atomic E-state index is -0.346. The third kappa shape index (κ3) is 4.88. The molecule has 118 valence electrons. The SMILES string of the molecule is CC(C)CSC(C(=O)Nc1nccs1)c1ccc(Cl)c(Cl)c1. The molecule has 1 heterocycles. The summed E-state index contributed by atoms with van der Waals surface area (Å²) >= 11 is 15.0. The molecule has 0 spiro atoms. The van der Waals surface area contributed by atoms with E-state index < -0.39 is 0 Å². The number of halogens is 2. The van der Waals surface area contributed by atoms with Gasteiger partial charge in [0, 0.05) is 11.6 Å². The highest BCUT2D eigenvalue weighted by Gasteiger charge is 2.23. The molecule has 0 bridgehead atoms. The largest absolute Gasteiger partial charge is 0.301 e. The fourth-order valence-corrected chi connectivity index (χ4v) is 3.71. The molecule has 7 heteroatoms. The molecule has 0 saturated carbocycles. The van der Waals surface area contributed by atoms with Crippen LogP contribution in [0.15, 0.2) is 29.8 Å². The molecule has 1 amide bonds. The number of thioether (sulfide) groups is 1. The van der Waals surface area contributed by atoms with Gasteiger partial charge in [-0.3, -0.25) is 4.79 Å². The van der Waals surface area contributed by atoms with Gasteiger partial charge in [0.2, 0.25) is 5.91 Å². The third-order valence-electron chi connectivity index (χ3n) is 2.74. The van der Waals surface area contributed by atoms with E-state index in [2.05, 4.69) is 24.1 Å². The molecular formula is C15H16Cl2N2OS2. The van der Waals surface area contributed by atoms with Crippen molar-refractivity contribution in [2.45, 2.75) is 19.1 Å². The maximum absolute atomic E-state index is 12.6. The van der Waals surface area contributed by atoms with E-state index in [0.717, 1.165) is 11.3 Å². The van der Waals surface area contributed by atoms with Gasteiger partial charge in [-0.2, -0.15) is 0 Å². The van der Waals surface area contributed by atoms with E-state index in [1.165, 1.54) is 11.3 Å². The Hall–Kier alpha value is -0.750. The maximum Gasteiger partial charge on any atom is 0.243 e. The first-order valence-corrected chi connectivity index (χ1v) is 9.42. The maximum atomic E-state index is 12.6. The molecule has 2 rings (SSSR count). The molecule has 0 aliphatic rings. The van der Waals surface area contributed by atoms with Crippen LogP contribution >= 0.6 is 46.3 Å². The molecule has 2 aromatic rings. The summed E-state index contributed by atoms with van der Waals surface area (Å²) in [6, 6.07) is 5.32. The number of benzene rings is 1. The number of anilines is 1. The lowest BCUT2D eigenvalue weighted by molar-refractivity contribution is -0.115. The van der Waals surface area contributed by atoms with Crippen molar-refractivity contribution in [2.75, 3.05) is 11.1 Å². The molecule has 3 nitrogen and oxygen atoms in total. The molecule has 0 saturated heterocycles. The van der Waals surface area contributed by atoms with Gasteiger partial charge in [-0.05, 0) is 29.4 Å². The second-order valence-electron chi connectivity index (χ2n) is 5.11. The van der Waals surface area contributed by atoms with Crippen molar-refractivity contribution in [3.63, 3.8) is 0 Å². The average molecular weight is 375 g/mol. The van der Waals surface area contributed by atoms with E-state index in [0.29, 0.717) is 21.1 Å². The van der Waals surface area contributed by atoms with Crippen LogP contribution in [0.4, 0.5) is 5.13 Å². The number of rotatable bonds is 6. The van der Waals surface area contributed by atoms with Gasteiger partial charge >= 0.3 is 0 Å². The summed E-state index contributed by atoms with van der Waals surface area (Å²) in [7, 11) is 0. The van der Waals surface area contributed by atoms with Crippen LogP contribution in [0.25, 0.3) is 0 Å². The summed E-state index contributed by atoms with van der Waals surface area (Å²) in [4.78, 5) is 16.7. The van der Waals surface area contributed by atoms with Crippen molar-refractivity contribution >= 4 is 57.3 Å². The molecule has 0 fully saturated rings. The fourth-order valence-electron chi connectivity index (χ4n) is 1.74. The van der Waals surface area contributed by atoms with Crippen molar-refractivity contribution in [2.24, 2.45) is 5.92 Å². The van der Waals surface area contributed by atoms with Crippen LogP contribution in [0.3, 0.4) is 0 Å². The topological polar surface area (TPSA) is 42.0 Å². The summed E-state index contributed by atoms with van der Waals surface area (Å²) < 4.78 is 0. The number of amides is 1. The Kier molecular flexibility index (Phi) is 6.56. The number of hydrogen-bond donors (Lipinski definition) is 1. The normalized spacial score (nSPS) is 12.4. The number of nitrogens with zero attached hydrogens (tertiary/aromatic N) is 1. The van der Waals surface area contributed by atoms with Gasteiger partial charge in [0.25, 0.3) is 0 Å². The van der Waals surface area contributed by atoms with Gasteiger partial charge in [0.05, 0.1) is 10.0 Å². The van der Waals surface area contributed by atoms with E-state index >= 15 is 0 Å². The highest BCUT2D eigenvalue weighted by atomic mass is 35.5. The Bertz CT molecular complexity index is 632. The van der Waals surface area contributed by atoms with Gasteiger partial charge < -0.3 is 5.32 Å². The summed E-state index contributed by atoms with van der Waals surface area (Å²) in [5.74, 6) is 1.26. The number of carbonyl (C=O) groups is 1. The van der Waals surface area contributed by atoms with Gasteiger partial charge in [0.1, 0.15) is 5.25 Å². The molecule has 0 aliphatic carbocycles. The first-order chi connectivity index (χ1) is 10.5. The van der Waals surface area contributed by atoms with E-state index in [1.54, 1.807) is 30.1 Å². The molecule has 1 unspecified atom stereocenters. The van der Waals surface area contributed by atoms with Crippen LogP contribution in [0.2, 0.25) is 10.0 Å². The number of carbonyl (C=O) groups excluding carboxylic acids is 1. The fraction of sp³-hybridized carbons (Fsp3) is 0.333. The van der Waals surface area contributed by atoms with E-state index in [1.807, 2.05) is 11.4 Å². The van der Waals surface area contributed by atoms with Gasteiger partial charge in [-0.25, -0.2) is 4.98 Å². The van der Waals surface area contributed by atoms with Gasteiger partial charge in [-0.15, -0.1) is 23.1 Å². The van der Waals surface area contributed by atoms with E-state index in [4.69, 9.17) is 23.2 Å². The van der Waals surface area contributed by atoms with Crippen LogP contribution in [-0.4, -0.2) is 16.6 Å². The van der Waals surface area contributed by atoms with E-state index in [9.17, 15) is 4.79 Å². The van der Waals surface area contributed by atoms with Crippen LogP contribution in [-0.2, 0) is 4.79 Å².